The van der Waals surface area contributed by atoms with Crippen molar-refractivity contribution in [2.45, 2.75) is 18.4 Å². The molecule has 16 heavy (non-hydrogen) atoms. The van der Waals surface area contributed by atoms with Crippen molar-refractivity contribution in [2.75, 3.05) is 18.0 Å². The Morgan fingerprint density at radius 3 is 2.62 bits per heavy atom. The third-order valence-corrected chi connectivity index (χ3v) is 4.47. The predicted octanol–water partition coefficient (Wildman–Crippen LogP) is 2.53. The summed E-state index contributed by atoms with van der Waals surface area (Å²) in [5.74, 6) is 1.75. The standard InChI is InChI=1S/C11H13Br2N3/c12-8-3-9(13)10(15-4-8)16-5-11(14,6-16)7-1-2-7/h3-4,7H,1-2,5-6,14H2. The Morgan fingerprint density at radius 2 is 2.06 bits per heavy atom. The van der Waals surface area contributed by atoms with E-state index >= 15 is 0 Å². The van der Waals surface area contributed by atoms with Crippen molar-refractivity contribution in [3.63, 3.8) is 0 Å². The highest BCUT2D eigenvalue weighted by Crippen LogP contribution is 2.44. The fourth-order valence-corrected chi connectivity index (χ4v) is 3.61. The second-order valence-corrected chi connectivity index (χ2v) is 6.59. The molecule has 0 atom stereocenters. The van der Waals surface area contributed by atoms with E-state index in [1.165, 1.54) is 12.8 Å². The SMILES string of the molecule is NC1(C2CC2)CN(c2ncc(Br)cc2Br)C1. The molecular formula is C11H13Br2N3. The van der Waals surface area contributed by atoms with Gasteiger partial charge in [-0.3, -0.25) is 0 Å². The number of halogens is 2. The molecule has 0 radical (unpaired) electrons. The first-order chi connectivity index (χ1) is 7.58. The molecule has 1 saturated carbocycles. The summed E-state index contributed by atoms with van der Waals surface area (Å²) in [5.41, 5.74) is 6.37. The minimum atomic E-state index is 0.0498. The molecule has 86 valence electrons. The molecule has 1 aliphatic heterocycles. The van der Waals surface area contributed by atoms with Crippen LogP contribution in [0.5, 0.6) is 0 Å². The van der Waals surface area contributed by atoms with E-state index in [9.17, 15) is 0 Å². The number of aromatic nitrogens is 1. The third kappa shape index (κ3) is 1.79. The zero-order chi connectivity index (χ0) is 11.3. The van der Waals surface area contributed by atoms with Crippen molar-refractivity contribution in [3.05, 3.63) is 21.2 Å². The van der Waals surface area contributed by atoms with Crippen LogP contribution in [0.4, 0.5) is 5.82 Å². The summed E-state index contributed by atoms with van der Waals surface area (Å²) in [6.45, 7) is 1.87. The average molecular weight is 347 g/mol. The zero-order valence-electron chi connectivity index (χ0n) is 8.79. The molecule has 3 nitrogen and oxygen atoms in total. The van der Waals surface area contributed by atoms with Gasteiger partial charge in [0.2, 0.25) is 0 Å². The van der Waals surface area contributed by atoms with Gasteiger partial charge in [0.25, 0.3) is 0 Å². The number of rotatable bonds is 2. The molecule has 2 heterocycles. The molecule has 3 rings (SSSR count). The van der Waals surface area contributed by atoms with Crippen molar-refractivity contribution in [1.29, 1.82) is 0 Å². The van der Waals surface area contributed by atoms with Crippen molar-refractivity contribution in [2.24, 2.45) is 11.7 Å². The van der Waals surface area contributed by atoms with E-state index in [1.54, 1.807) is 0 Å². The fraction of sp³-hybridized carbons (Fsp3) is 0.545. The fourth-order valence-electron chi connectivity index (χ4n) is 2.37. The number of nitrogens with zero attached hydrogens (tertiary/aromatic N) is 2. The van der Waals surface area contributed by atoms with E-state index in [-0.39, 0.29) is 5.54 Å². The molecule has 5 heteroatoms. The molecule has 1 aromatic rings. The molecule has 0 bridgehead atoms. The zero-order valence-corrected chi connectivity index (χ0v) is 12.0. The third-order valence-electron chi connectivity index (χ3n) is 3.45. The Labute approximate surface area is 112 Å². The van der Waals surface area contributed by atoms with Crippen molar-refractivity contribution in [1.82, 2.24) is 4.98 Å². The number of pyridine rings is 1. The Morgan fingerprint density at radius 1 is 1.38 bits per heavy atom. The van der Waals surface area contributed by atoms with Gasteiger partial charge in [0.05, 0.1) is 10.0 Å². The largest absolute Gasteiger partial charge is 0.352 e. The maximum absolute atomic E-state index is 6.32. The summed E-state index contributed by atoms with van der Waals surface area (Å²) in [7, 11) is 0. The highest BCUT2D eigenvalue weighted by molar-refractivity contribution is 9.11. The van der Waals surface area contributed by atoms with E-state index in [2.05, 4.69) is 41.7 Å². The van der Waals surface area contributed by atoms with Gasteiger partial charge in [-0.05, 0) is 56.7 Å². The maximum atomic E-state index is 6.32. The predicted molar refractivity (Wildman–Crippen MR) is 71.5 cm³/mol. The van der Waals surface area contributed by atoms with Gasteiger partial charge >= 0.3 is 0 Å². The van der Waals surface area contributed by atoms with Crippen LogP contribution >= 0.6 is 31.9 Å². The van der Waals surface area contributed by atoms with Crippen LogP contribution in [0.3, 0.4) is 0 Å². The summed E-state index contributed by atoms with van der Waals surface area (Å²) < 4.78 is 2.02. The van der Waals surface area contributed by atoms with Crippen LogP contribution in [-0.2, 0) is 0 Å². The lowest BCUT2D eigenvalue weighted by Crippen LogP contribution is -2.69. The Hall–Kier alpha value is -0.130. The van der Waals surface area contributed by atoms with Crippen LogP contribution in [0.15, 0.2) is 21.2 Å². The minimum absolute atomic E-state index is 0.0498. The van der Waals surface area contributed by atoms with Crippen LogP contribution in [0, 0.1) is 5.92 Å². The molecule has 2 fully saturated rings. The molecule has 0 spiro atoms. The second kappa shape index (κ2) is 3.68. The van der Waals surface area contributed by atoms with Gasteiger partial charge in [-0.2, -0.15) is 0 Å². The van der Waals surface area contributed by atoms with Crippen molar-refractivity contribution < 1.29 is 0 Å². The summed E-state index contributed by atoms with van der Waals surface area (Å²) in [5, 5.41) is 0. The minimum Gasteiger partial charge on any atom is -0.352 e. The van der Waals surface area contributed by atoms with Crippen LogP contribution in [0.25, 0.3) is 0 Å². The second-order valence-electron chi connectivity index (χ2n) is 4.82. The van der Waals surface area contributed by atoms with Gasteiger partial charge in [-0.1, -0.05) is 0 Å². The summed E-state index contributed by atoms with van der Waals surface area (Å²) in [6.07, 6.45) is 4.44. The number of hydrogen-bond donors (Lipinski definition) is 1. The van der Waals surface area contributed by atoms with Gasteiger partial charge < -0.3 is 10.6 Å². The van der Waals surface area contributed by atoms with Crippen molar-refractivity contribution >= 4 is 37.7 Å². The Balaban J connectivity index is 1.75. The lowest BCUT2D eigenvalue weighted by atomic mass is 9.86. The molecule has 2 aliphatic rings. The lowest BCUT2D eigenvalue weighted by Gasteiger charge is -2.49. The number of hydrogen-bond acceptors (Lipinski definition) is 3. The first kappa shape index (κ1) is 11.0. The first-order valence-electron chi connectivity index (χ1n) is 5.43. The molecule has 1 aromatic heterocycles. The summed E-state index contributed by atoms with van der Waals surface area (Å²) in [6, 6.07) is 2.02. The Bertz CT molecular complexity index is 425. The van der Waals surface area contributed by atoms with Crippen LogP contribution in [0.1, 0.15) is 12.8 Å². The smallest absolute Gasteiger partial charge is 0.143 e. The highest BCUT2D eigenvalue weighted by Gasteiger charge is 2.50. The molecule has 1 saturated heterocycles. The van der Waals surface area contributed by atoms with Crippen LogP contribution in [-0.4, -0.2) is 23.6 Å². The molecular weight excluding hydrogens is 334 g/mol. The summed E-state index contributed by atoms with van der Waals surface area (Å²) >= 11 is 6.94. The van der Waals surface area contributed by atoms with Gasteiger partial charge in [0.1, 0.15) is 5.82 Å². The molecule has 0 aromatic carbocycles. The monoisotopic (exact) mass is 345 g/mol. The Kier molecular flexibility index (Phi) is 2.53. The van der Waals surface area contributed by atoms with E-state index in [4.69, 9.17) is 5.73 Å². The van der Waals surface area contributed by atoms with Gasteiger partial charge in [-0.25, -0.2) is 4.98 Å². The molecule has 2 N–H and O–H groups in total. The topological polar surface area (TPSA) is 42.1 Å². The van der Waals surface area contributed by atoms with Crippen LogP contribution in [0.2, 0.25) is 0 Å². The van der Waals surface area contributed by atoms with Gasteiger partial charge in [0.15, 0.2) is 0 Å². The van der Waals surface area contributed by atoms with E-state index < -0.39 is 0 Å². The quantitative estimate of drug-likeness (QED) is 0.894. The van der Waals surface area contributed by atoms with Crippen LogP contribution < -0.4 is 10.6 Å². The van der Waals surface area contributed by atoms with E-state index in [0.717, 1.165) is 33.8 Å². The first-order valence-corrected chi connectivity index (χ1v) is 7.02. The normalized spacial score (nSPS) is 23.1. The van der Waals surface area contributed by atoms with E-state index in [0.29, 0.717) is 0 Å². The van der Waals surface area contributed by atoms with Gasteiger partial charge in [-0.15, -0.1) is 0 Å². The number of nitrogens with two attached hydrogens (primary N) is 1. The molecule has 0 unspecified atom stereocenters. The average Bonchev–Trinajstić information content (AvgIpc) is 2.97. The maximum Gasteiger partial charge on any atom is 0.143 e. The van der Waals surface area contributed by atoms with E-state index in [1.807, 2.05) is 12.3 Å². The molecule has 1 aliphatic carbocycles. The van der Waals surface area contributed by atoms with Gasteiger partial charge in [0, 0.05) is 23.8 Å². The van der Waals surface area contributed by atoms with Crippen molar-refractivity contribution in [3.8, 4) is 0 Å². The lowest BCUT2D eigenvalue weighted by molar-refractivity contribution is 0.289. The highest BCUT2D eigenvalue weighted by atomic mass is 79.9. The summed E-state index contributed by atoms with van der Waals surface area (Å²) in [4.78, 5) is 6.67. The molecule has 0 amide bonds. The number of anilines is 1.